The van der Waals surface area contributed by atoms with Gasteiger partial charge in [0.2, 0.25) is 11.8 Å². The van der Waals surface area contributed by atoms with Crippen LogP contribution in [0.3, 0.4) is 0 Å². The van der Waals surface area contributed by atoms with Gasteiger partial charge in [0.15, 0.2) is 0 Å². The molecule has 11 nitrogen and oxygen atoms in total. The SMILES string of the molecule is C=Cc1cc(-c2cc(NC(C)CC/C(=C(\N)OC)N3CCN(C)CC3)ncn2)ccc1OC1CCN(C(=O)CO)CC1. The molecule has 2 fully saturated rings. The molecule has 42 heavy (non-hydrogen) atoms. The zero-order valence-corrected chi connectivity index (χ0v) is 25.1. The van der Waals surface area contributed by atoms with Gasteiger partial charge in [0, 0.05) is 75.3 Å². The van der Waals surface area contributed by atoms with Gasteiger partial charge in [0.05, 0.1) is 18.5 Å². The topological polar surface area (TPSA) is 129 Å². The molecule has 2 aromatic rings. The molecule has 2 aliphatic heterocycles. The Labute approximate surface area is 249 Å². The number of benzene rings is 1. The molecule has 4 rings (SSSR count). The first-order valence-corrected chi connectivity index (χ1v) is 14.7. The number of aromatic nitrogens is 2. The van der Waals surface area contributed by atoms with Crippen LogP contribution in [0.15, 0.2) is 48.8 Å². The number of amides is 1. The van der Waals surface area contributed by atoms with E-state index in [2.05, 4.69) is 45.6 Å². The summed E-state index contributed by atoms with van der Waals surface area (Å²) in [6.45, 7) is 10.7. The van der Waals surface area contributed by atoms with Gasteiger partial charge in [-0.2, -0.15) is 0 Å². The van der Waals surface area contributed by atoms with Gasteiger partial charge in [-0.15, -0.1) is 0 Å². The summed E-state index contributed by atoms with van der Waals surface area (Å²) < 4.78 is 11.7. The molecule has 1 aromatic heterocycles. The monoisotopic (exact) mass is 579 g/mol. The first-order valence-electron chi connectivity index (χ1n) is 14.7. The molecule has 1 aromatic carbocycles. The van der Waals surface area contributed by atoms with Gasteiger partial charge in [0.1, 0.15) is 30.6 Å². The molecule has 1 amide bonds. The fraction of sp³-hybridized carbons (Fsp3) is 0.516. The molecule has 11 heteroatoms. The van der Waals surface area contributed by atoms with E-state index in [1.54, 1.807) is 24.4 Å². The predicted octanol–water partition coefficient (Wildman–Crippen LogP) is 2.75. The van der Waals surface area contributed by atoms with Crippen LogP contribution in [0.25, 0.3) is 17.3 Å². The molecular weight excluding hydrogens is 534 g/mol. The average Bonchev–Trinajstić information content (AvgIpc) is 3.02. The van der Waals surface area contributed by atoms with Crippen molar-refractivity contribution < 1.29 is 19.4 Å². The van der Waals surface area contributed by atoms with E-state index in [0.717, 1.165) is 73.1 Å². The smallest absolute Gasteiger partial charge is 0.248 e. The fourth-order valence-electron chi connectivity index (χ4n) is 5.38. The number of hydrogen-bond acceptors (Lipinski definition) is 10. The van der Waals surface area contributed by atoms with Gasteiger partial charge in [-0.3, -0.25) is 4.79 Å². The average molecular weight is 580 g/mol. The molecular formula is C31H45N7O4. The summed E-state index contributed by atoms with van der Waals surface area (Å²) in [5.41, 5.74) is 9.91. The predicted molar refractivity (Wildman–Crippen MR) is 164 cm³/mol. The van der Waals surface area contributed by atoms with Crippen LogP contribution in [0, 0.1) is 0 Å². The third kappa shape index (κ3) is 8.13. The number of anilines is 1. The van der Waals surface area contributed by atoms with Gasteiger partial charge < -0.3 is 40.3 Å². The molecule has 2 saturated heterocycles. The van der Waals surface area contributed by atoms with Crippen LogP contribution < -0.4 is 15.8 Å². The summed E-state index contributed by atoms with van der Waals surface area (Å²) in [6.07, 6.45) is 6.45. The van der Waals surface area contributed by atoms with Gasteiger partial charge in [-0.25, -0.2) is 9.97 Å². The van der Waals surface area contributed by atoms with Crippen molar-refractivity contribution >= 4 is 17.8 Å². The Hall–Kier alpha value is -3.83. The quantitative estimate of drug-likeness (QED) is 0.323. The summed E-state index contributed by atoms with van der Waals surface area (Å²) in [6, 6.07) is 8.06. The maximum atomic E-state index is 11.7. The fourth-order valence-corrected chi connectivity index (χ4v) is 5.38. The number of likely N-dealkylation sites (N-methyl/N-ethyl adjacent to an activating group) is 1. The van der Waals surface area contributed by atoms with Crippen LogP contribution in [0.5, 0.6) is 5.75 Å². The summed E-state index contributed by atoms with van der Waals surface area (Å²) in [7, 11) is 3.76. The maximum Gasteiger partial charge on any atom is 0.248 e. The first kappa shape index (κ1) is 31.1. The molecule has 1 atom stereocenters. The van der Waals surface area contributed by atoms with Gasteiger partial charge >= 0.3 is 0 Å². The second-order valence-corrected chi connectivity index (χ2v) is 11.0. The van der Waals surface area contributed by atoms with E-state index in [0.29, 0.717) is 31.8 Å². The van der Waals surface area contributed by atoms with Gasteiger partial charge in [-0.05, 0) is 45.0 Å². The number of nitrogens with one attached hydrogen (secondary N) is 1. The van der Waals surface area contributed by atoms with Crippen molar-refractivity contribution in [3.05, 3.63) is 54.3 Å². The molecule has 0 radical (unpaired) electrons. The number of rotatable bonds is 12. The van der Waals surface area contributed by atoms with Crippen molar-refractivity contribution in [2.45, 2.75) is 44.8 Å². The van der Waals surface area contributed by atoms with E-state index in [1.807, 2.05) is 24.3 Å². The summed E-state index contributed by atoms with van der Waals surface area (Å²) in [4.78, 5) is 27.0. The number of aliphatic hydroxyl groups excluding tert-OH is 1. The van der Waals surface area contributed by atoms with Crippen molar-refractivity contribution in [1.29, 1.82) is 0 Å². The summed E-state index contributed by atoms with van der Waals surface area (Å²) in [5, 5.41) is 12.6. The summed E-state index contributed by atoms with van der Waals surface area (Å²) >= 11 is 0. The van der Waals surface area contributed by atoms with E-state index in [4.69, 9.17) is 20.3 Å². The van der Waals surface area contributed by atoms with E-state index < -0.39 is 6.61 Å². The minimum Gasteiger partial charge on any atom is -0.490 e. The van der Waals surface area contributed by atoms with Crippen molar-refractivity contribution in [3.63, 3.8) is 0 Å². The standard InChI is InChI=1S/C31H45N7O4/c1-5-23-18-24(7-9-28(23)42-25-10-12-38(13-11-25)30(40)20-39)26-19-29(34-21-33-26)35-22(2)6-8-27(31(32)41-4)37-16-14-36(3)15-17-37/h5,7,9,18-19,21-22,25,39H,1,6,8,10-17,20,32H2,2-4H3,(H,33,34,35)/b31-27-. The van der Waals surface area contributed by atoms with Crippen LogP contribution in [0.1, 0.15) is 38.2 Å². The Morgan fingerprint density at radius 1 is 1.17 bits per heavy atom. The number of ether oxygens (including phenoxy) is 2. The zero-order valence-electron chi connectivity index (χ0n) is 25.1. The normalized spacial score (nSPS) is 17.8. The number of nitrogens with two attached hydrogens (primary N) is 1. The third-order valence-electron chi connectivity index (χ3n) is 8.01. The lowest BCUT2D eigenvalue weighted by atomic mass is 10.0. The first-order chi connectivity index (χ1) is 20.3. The highest BCUT2D eigenvalue weighted by atomic mass is 16.5. The number of aliphatic hydroxyl groups is 1. The number of carbonyl (C=O) groups is 1. The Kier molecular flexibility index (Phi) is 11.0. The molecule has 0 saturated carbocycles. The summed E-state index contributed by atoms with van der Waals surface area (Å²) in [5.74, 6) is 1.76. The lowest BCUT2D eigenvalue weighted by Gasteiger charge is -2.36. The van der Waals surface area contributed by atoms with Crippen molar-refractivity contribution in [2.75, 3.05) is 65.3 Å². The third-order valence-corrected chi connectivity index (χ3v) is 8.01. The van der Waals surface area contributed by atoms with E-state index in [9.17, 15) is 4.79 Å². The second-order valence-electron chi connectivity index (χ2n) is 11.0. The molecule has 0 aliphatic carbocycles. The van der Waals surface area contributed by atoms with E-state index >= 15 is 0 Å². The molecule has 3 heterocycles. The van der Waals surface area contributed by atoms with Crippen molar-refractivity contribution in [3.8, 4) is 17.0 Å². The van der Waals surface area contributed by atoms with Gasteiger partial charge in [-0.1, -0.05) is 12.7 Å². The number of piperidine rings is 1. The Morgan fingerprint density at radius 2 is 1.90 bits per heavy atom. The Morgan fingerprint density at radius 3 is 2.57 bits per heavy atom. The van der Waals surface area contributed by atoms with Crippen LogP contribution >= 0.6 is 0 Å². The largest absolute Gasteiger partial charge is 0.490 e. The van der Waals surface area contributed by atoms with Crippen LogP contribution in [-0.4, -0.2) is 108 Å². The van der Waals surface area contributed by atoms with E-state index in [1.165, 1.54) is 0 Å². The van der Waals surface area contributed by atoms with E-state index in [-0.39, 0.29) is 18.1 Å². The van der Waals surface area contributed by atoms with Crippen LogP contribution in [-0.2, 0) is 9.53 Å². The number of likely N-dealkylation sites (tertiary alicyclic amines) is 1. The van der Waals surface area contributed by atoms with Crippen LogP contribution in [0.2, 0.25) is 0 Å². The molecule has 0 bridgehead atoms. The number of piperazine rings is 1. The number of allylic oxidation sites excluding steroid dienone is 1. The molecule has 1 unspecified atom stereocenters. The maximum absolute atomic E-state index is 11.7. The highest BCUT2D eigenvalue weighted by Gasteiger charge is 2.24. The lowest BCUT2D eigenvalue weighted by molar-refractivity contribution is -0.135. The molecule has 4 N–H and O–H groups in total. The number of hydrogen-bond donors (Lipinski definition) is 3. The highest BCUT2D eigenvalue weighted by molar-refractivity contribution is 5.77. The molecule has 228 valence electrons. The Balaban J connectivity index is 1.36. The number of nitrogens with zero attached hydrogens (tertiary/aromatic N) is 5. The van der Waals surface area contributed by atoms with Gasteiger partial charge in [0.25, 0.3) is 0 Å². The van der Waals surface area contributed by atoms with Crippen molar-refractivity contribution in [2.24, 2.45) is 5.73 Å². The Bertz CT molecular complexity index is 1240. The van der Waals surface area contributed by atoms with Crippen LogP contribution in [0.4, 0.5) is 5.82 Å². The minimum atomic E-state index is -0.453. The zero-order chi connectivity index (χ0) is 30.1. The highest BCUT2D eigenvalue weighted by Crippen LogP contribution is 2.30. The molecule has 2 aliphatic rings. The number of carbonyl (C=O) groups excluding carboxylic acids is 1. The van der Waals surface area contributed by atoms with Crippen molar-refractivity contribution in [1.82, 2.24) is 24.7 Å². The minimum absolute atomic E-state index is 0.000477. The second kappa shape index (κ2) is 14.9. The number of methoxy groups -OCH3 is 1. The molecule has 0 spiro atoms. The lowest BCUT2D eigenvalue weighted by Crippen LogP contribution is -2.44.